The highest BCUT2D eigenvalue weighted by molar-refractivity contribution is 6.42. The minimum Gasteiger partial charge on any atom is -0.311 e. The molecule has 0 aliphatic carbocycles. The third-order valence-electron chi connectivity index (χ3n) is 3.90. The second-order valence-electron chi connectivity index (χ2n) is 5.87. The molecule has 1 N–H and O–H groups in total. The maximum Gasteiger partial charge on any atom is 0.449 e. The first kappa shape index (κ1) is 20.2. The fraction of sp³-hybridized carbons (Fsp3) is 0.167. The zero-order chi connectivity index (χ0) is 20.5. The summed E-state index contributed by atoms with van der Waals surface area (Å²) in [6.07, 6.45) is -4.70. The molecule has 0 fully saturated rings. The van der Waals surface area contributed by atoms with Crippen LogP contribution in [0.15, 0.2) is 47.6 Å². The standard InChI is InChI=1S/C18H13Cl2F3N4O/c1-10(11-6-7-12(19)13(20)8-11)25-26-16(28)9-27-15-5-3-2-4-14(15)24-17(27)18(21,22)23/h2-8H,9H2,1H3,(H,26,28). The number of nitrogens with zero attached hydrogens (tertiary/aromatic N) is 3. The van der Waals surface area contributed by atoms with E-state index in [-0.39, 0.29) is 11.0 Å². The minimum atomic E-state index is -4.70. The highest BCUT2D eigenvalue weighted by Crippen LogP contribution is 2.31. The molecule has 0 unspecified atom stereocenters. The van der Waals surface area contributed by atoms with E-state index in [4.69, 9.17) is 23.2 Å². The number of para-hydroxylation sites is 2. The molecule has 28 heavy (non-hydrogen) atoms. The second-order valence-corrected chi connectivity index (χ2v) is 6.68. The summed E-state index contributed by atoms with van der Waals surface area (Å²) in [6, 6.07) is 10.9. The number of amides is 1. The van der Waals surface area contributed by atoms with Crippen LogP contribution >= 0.6 is 23.2 Å². The number of hydrazone groups is 1. The third-order valence-corrected chi connectivity index (χ3v) is 4.63. The SMILES string of the molecule is CC(=NNC(=O)Cn1c(C(F)(F)F)nc2ccccc21)c1ccc(Cl)c(Cl)c1. The first-order chi connectivity index (χ1) is 13.2. The van der Waals surface area contributed by atoms with Crippen molar-refractivity contribution >= 4 is 45.9 Å². The van der Waals surface area contributed by atoms with Crippen molar-refractivity contribution in [2.45, 2.75) is 19.6 Å². The predicted molar refractivity (Wildman–Crippen MR) is 102 cm³/mol. The molecule has 0 aliphatic heterocycles. The maximum atomic E-state index is 13.3. The molecule has 0 bridgehead atoms. The zero-order valence-electron chi connectivity index (χ0n) is 14.4. The van der Waals surface area contributed by atoms with Gasteiger partial charge in [0.25, 0.3) is 5.91 Å². The van der Waals surface area contributed by atoms with Gasteiger partial charge in [0.15, 0.2) is 0 Å². The molecular formula is C18H13Cl2F3N4O. The largest absolute Gasteiger partial charge is 0.449 e. The topological polar surface area (TPSA) is 59.3 Å². The van der Waals surface area contributed by atoms with Gasteiger partial charge in [0.1, 0.15) is 6.54 Å². The maximum absolute atomic E-state index is 13.3. The average Bonchev–Trinajstić information content (AvgIpc) is 3.01. The number of carbonyl (C=O) groups excluding carboxylic acids is 1. The van der Waals surface area contributed by atoms with Gasteiger partial charge in [-0.2, -0.15) is 18.3 Å². The highest BCUT2D eigenvalue weighted by Gasteiger charge is 2.37. The average molecular weight is 429 g/mol. The predicted octanol–water partition coefficient (Wildman–Crippen LogP) is 4.90. The van der Waals surface area contributed by atoms with Crippen LogP contribution in [0.25, 0.3) is 11.0 Å². The van der Waals surface area contributed by atoms with Gasteiger partial charge in [-0.1, -0.05) is 41.4 Å². The summed E-state index contributed by atoms with van der Waals surface area (Å²) in [6.45, 7) is 1.03. The van der Waals surface area contributed by atoms with Gasteiger partial charge in [0.05, 0.1) is 26.8 Å². The van der Waals surface area contributed by atoms with E-state index in [1.165, 1.54) is 12.1 Å². The number of halogens is 5. The molecule has 2 aromatic carbocycles. The Morgan fingerprint density at radius 2 is 1.89 bits per heavy atom. The first-order valence-corrected chi connectivity index (χ1v) is 8.73. The van der Waals surface area contributed by atoms with Gasteiger partial charge in [-0.3, -0.25) is 4.79 Å². The fourth-order valence-corrected chi connectivity index (χ4v) is 2.86. The number of benzene rings is 2. The Kier molecular flexibility index (Phi) is 5.62. The Balaban J connectivity index is 1.82. The van der Waals surface area contributed by atoms with Crippen LogP contribution in [0.1, 0.15) is 18.3 Å². The van der Waals surface area contributed by atoms with Crippen LogP contribution in [0.5, 0.6) is 0 Å². The highest BCUT2D eigenvalue weighted by atomic mass is 35.5. The normalized spacial score (nSPS) is 12.4. The molecule has 0 spiro atoms. The number of nitrogens with one attached hydrogen (secondary N) is 1. The van der Waals surface area contributed by atoms with Crippen molar-refractivity contribution in [3.8, 4) is 0 Å². The molecule has 1 amide bonds. The van der Waals surface area contributed by atoms with E-state index in [1.807, 2.05) is 0 Å². The summed E-state index contributed by atoms with van der Waals surface area (Å²) in [5.74, 6) is -1.87. The van der Waals surface area contributed by atoms with Crippen LogP contribution in [0.3, 0.4) is 0 Å². The van der Waals surface area contributed by atoms with E-state index in [2.05, 4.69) is 15.5 Å². The molecule has 0 saturated heterocycles. The van der Waals surface area contributed by atoms with Crippen molar-refractivity contribution in [3.05, 3.63) is 63.9 Å². The number of rotatable bonds is 4. The van der Waals surface area contributed by atoms with Gasteiger partial charge in [0, 0.05) is 0 Å². The van der Waals surface area contributed by atoms with E-state index < -0.39 is 24.5 Å². The molecular weight excluding hydrogens is 416 g/mol. The van der Waals surface area contributed by atoms with Crippen molar-refractivity contribution in [2.75, 3.05) is 0 Å². The Morgan fingerprint density at radius 3 is 2.57 bits per heavy atom. The number of hydrogen-bond donors (Lipinski definition) is 1. The summed E-state index contributed by atoms with van der Waals surface area (Å²) in [5.41, 5.74) is 3.63. The van der Waals surface area contributed by atoms with E-state index >= 15 is 0 Å². The molecule has 0 aliphatic rings. The lowest BCUT2D eigenvalue weighted by molar-refractivity contribution is -0.147. The molecule has 0 saturated carbocycles. The Labute approximate surface area is 167 Å². The van der Waals surface area contributed by atoms with Crippen molar-refractivity contribution < 1.29 is 18.0 Å². The van der Waals surface area contributed by atoms with Crippen molar-refractivity contribution in [2.24, 2.45) is 5.10 Å². The molecule has 146 valence electrons. The third kappa shape index (κ3) is 4.28. The Hall–Kier alpha value is -2.58. The summed E-state index contributed by atoms with van der Waals surface area (Å²) in [4.78, 5) is 15.8. The van der Waals surface area contributed by atoms with Crippen LogP contribution in [0.4, 0.5) is 13.2 Å². The van der Waals surface area contributed by atoms with Gasteiger partial charge in [-0.15, -0.1) is 0 Å². The fourth-order valence-electron chi connectivity index (χ4n) is 2.56. The van der Waals surface area contributed by atoms with Crippen LogP contribution in [-0.2, 0) is 17.5 Å². The van der Waals surface area contributed by atoms with Gasteiger partial charge < -0.3 is 4.57 Å². The number of fused-ring (bicyclic) bond motifs is 1. The van der Waals surface area contributed by atoms with Crippen LogP contribution in [0.2, 0.25) is 10.0 Å². The molecule has 1 aromatic heterocycles. The van der Waals surface area contributed by atoms with Crippen molar-refractivity contribution in [1.82, 2.24) is 15.0 Å². The minimum absolute atomic E-state index is 0.151. The monoisotopic (exact) mass is 428 g/mol. The molecule has 3 rings (SSSR count). The number of imidazole rings is 1. The lowest BCUT2D eigenvalue weighted by atomic mass is 10.1. The number of alkyl halides is 3. The van der Waals surface area contributed by atoms with Gasteiger partial charge in [-0.25, -0.2) is 10.4 Å². The van der Waals surface area contributed by atoms with Crippen LogP contribution < -0.4 is 5.43 Å². The number of hydrogen-bond acceptors (Lipinski definition) is 3. The molecule has 1 heterocycles. The van der Waals surface area contributed by atoms with Gasteiger partial charge >= 0.3 is 6.18 Å². The second kappa shape index (κ2) is 7.81. The van der Waals surface area contributed by atoms with E-state index in [0.29, 0.717) is 21.3 Å². The Bertz CT molecular complexity index is 1080. The van der Waals surface area contributed by atoms with E-state index in [1.54, 1.807) is 37.3 Å². The first-order valence-electron chi connectivity index (χ1n) is 7.98. The summed E-state index contributed by atoms with van der Waals surface area (Å²) < 4.78 is 40.6. The lowest BCUT2D eigenvalue weighted by Crippen LogP contribution is -2.27. The molecule has 10 heteroatoms. The molecule has 5 nitrogen and oxygen atoms in total. The van der Waals surface area contributed by atoms with Gasteiger partial charge in [0.2, 0.25) is 5.82 Å². The van der Waals surface area contributed by atoms with Crippen molar-refractivity contribution in [1.29, 1.82) is 0 Å². The quantitative estimate of drug-likeness (QED) is 0.474. The summed E-state index contributed by atoms with van der Waals surface area (Å²) in [7, 11) is 0. The van der Waals surface area contributed by atoms with E-state index in [9.17, 15) is 18.0 Å². The number of carbonyl (C=O) groups is 1. The zero-order valence-corrected chi connectivity index (χ0v) is 15.9. The Morgan fingerprint density at radius 1 is 1.18 bits per heavy atom. The van der Waals surface area contributed by atoms with Gasteiger partial charge in [-0.05, 0) is 36.8 Å². The number of aromatic nitrogens is 2. The summed E-state index contributed by atoms with van der Waals surface area (Å²) >= 11 is 11.8. The van der Waals surface area contributed by atoms with Crippen molar-refractivity contribution in [3.63, 3.8) is 0 Å². The van der Waals surface area contributed by atoms with E-state index in [0.717, 1.165) is 4.57 Å². The van der Waals surface area contributed by atoms with Crippen LogP contribution in [-0.4, -0.2) is 21.2 Å². The van der Waals surface area contributed by atoms with Crippen LogP contribution in [0, 0.1) is 0 Å². The smallest absolute Gasteiger partial charge is 0.311 e. The molecule has 3 aromatic rings. The molecule has 0 radical (unpaired) electrons. The summed E-state index contributed by atoms with van der Waals surface area (Å²) in [5, 5.41) is 4.61. The lowest BCUT2D eigenvalue weighted by Gasteiger charge is -2.10. The molecule has 0 atom stereocenters.